The van der Waals surface area contributed by atoms with Crippen LogP contribution in [0.25, 0.3) is 49.7 Å². The molecular formula is C47H38N2. The summed E-state index contributed by atoms with van der Waals surface area (Å²) in [4.78, 5) is 2.41. The fourth-order valence-corrected chi connectivity index (χ4v) is 7.82. The first-order valence-electron chi connectivity index (χ1n) is 17.3. The van der Waals surface area contributed by atoms with Gasteiger partial charge in [0.15, 0.2) is 0 Å². The molecule has 0 unspecified atom stereocenters. The number of hydrogen-bond donors (Lipinski definition) is 0. The molecule has 236 valence electrons. The SMILES string of the molecule is CC1(C)CCc2ccc(N(c3ccc(-c4ccccc4)cc3)c3ccc(-c4ccc5c(c4)c4ccccc4n5-c4ccccc4)cc3)cc21. The van der Waals surface area contributed by atoms with Gasteiger partial charge in [0.1, 0.15) is 0 Å². The Balaban J connectivity index is 1.12. The molecule has 0 amide bonds. The van der Waals surface area contributed by atoms with Gasteiger partial charge in [-0.25, -0.2) is 0 Å². The summed E-state index contributed by atoms with van der Waals surface area (Å²) >= 11 is 0. The summed E-state index contributed by atoms with van der Waals surface area (Å²) in [5.41, 5.74) is 15.1. The van der Waals surface area contributed by atoms with Gasteiger partial charge in [-0.3, -0.25) is 0 Å². The molecule has 0 aliphatic heterocycles. The van der Waals surface area contributed by atoms with E-state index in [1.807, 2.05) is 0 Å². The summed E-state index contributed by atoms with van der Waals surface area (Å²) in [5, 5.41) is 2.53. The second-order valence-corrected chi connectivity index (χ2v) is 13.9. The maximum absolute atomic E-state index is 2.43. The van der Waals surface area contributed by atoms with Crippen LogP contribution in [0.3, 0.4) is 0 Å². The number of benzene rings is 7. The van der Waals surface area contributed by atoms with Gasteiger partial charge in [0, 0.05) is 33.5 Å². The van der Waals surface area contributed by atoms with E-state index in [0.717, 1.165) is 17.8 Å². The highest BCUT2D eigenvalue weighted by Gasteiger charge is 2.30. The Bertz CT molecular complexity index is 2430. The van der Waals surface area contributed by atoms with Crippen LogP contribution < -0.4 is 4.90 Å². The first-order valence-corrected chi connectivity index (χ1v) is 17.3. The normalized spacial score (nSPS) is 13.5. The number of fused-ring (bicyclic) bond motifs is 4. The molecule has 7 aromatic carbocycles. The van der Waals surface area contributed by atoms with E-state index < -0.39 is 0 Å². The maximum Gasteiger partial charge on any atom is 0.0541 e. The van der Waals surface area contributed by atoms with Gasteiger partial charge in [0.05, 0.1) is 11.0 Å². The van der Waals surface area contributed by atoms with Crippen LogP contribution in [0.15, 0.2) is 170 Å². The lowest BCUT2D eigenvalue weighted by Gasteiger charge is -2.28. The van der Waals surface area contributed by atoms with Gasteiger partial charge in [-0.2, -0.15) is 0 Å². The van der Waals surface area contributed by atoms with E-state index in [1.165, 1.54) is 73.0 Å². The molecule has 49 heavy (non-hydrogen) atoms. The standard InChI is InChI=1S/C47H38N2/c1-47(2)30-29-36-21-27-41(32-44(36)47)48(39-23-17-34(18-24-39)33-11-5-3-6-12-33)40-25-19-35(20-26-40)37-22-28-46-43(31-37)42-15-9-10-16-45(42)49(46)38-13-7-4-8-14-38/h3-28,31-32H,29-30H2,1-2H3. The number of rotatable bonds is 6. The summed E-state index contributed by atoms with van der Waals surface area (Å²) in [6.07, 6.45) is 2.35. The van der Waals surface area contributed by atoms with Crippen LogP contribution in [0.1, 0.15) is 31.4 Å². The Morgan fingerprint density at radius 1 is 0.469 bits per heavy atom. The number of anilines is 3. The lowest BCUT2D eigenvalue weighted by atomic mass is 9.86. The van der Waals surface area contributed by atoms with Crippen molar-refractivity contribution in [3.63, 3.8) is 0 Å². The van der Waals surface area contributed by atoms with Gasteiger partial charge in [-0.05, 0) is 118 Å². The van der Waals surface area contributed by atoms with Crippen molar-refractivity contribution in [2.24, 2.45) is 0 Å². The predicted molar refractivity (Wildman–Crippen MR) is 208 cm³/mol. The fraction of sp³-hybridized carbons (Fsp3) is 0.106. The number of aromatic nitrogens is 1. The lowest BCUT2D eigenvalue weighted by molar-refractivity contribution is 0.522. The third-order valence-electron chi connectivity index (χ3n) is 10.5. The number of para-hydroxylation sites is 2. The number of aryl methyl sites for hydroxylation is 1. The molecule has 0 atom stereocenters. The zero-order valence-electron chi connectivity index (χ0n) is 28.0. The van der Waals surface area contributed by atoms with Crippen LogP contribution in [0.5, 0.6) is 0 Å². The Labute approximate surface area is 288 Å². The molecule has 1 heterocycles. The molecule has 1 aromatic heterocycles. The molecule has 1 aliphatic rings. The Hall–Kier alpha value is -5.86. The van der Waals surface area contributed by atoms with Gasteiger partial charge in [-0.15, -0.1) is 0 Å². The minimum atomic E-state index is 0.181. The molecule has 0 bridgehead atoms. The van der Waals surface area contributed by atoms with Crippen LogP contribution in [-0.2, 0) is 11.8 Å². The number of nitrogens with zero attached hydrogens (tertiary/aromatic N) is 2. The minimum absolute atomic E-state index is 0.181. The largest absolute Gasteiger partial charge is 0.310 e. The molecule has 2 heteroatoms. The van der Waals surface area contributed by atoms with Crippen LogP contribution >= 0.6 is 0 Å². The van der Waals surface area contributed by atoms with Crippen LogP contribution in [-0.4, -0.2) is 4.57 Å². The van der Waals surface area contributed by atoms with E-state index in [-0.39, 0.29) is 5.41 Å². The summed E-state index contributed by atoms with van der Waals surface area (Å²) in [5.74, 6) is 0. The summed E-state index contributed by atoms with van der Waals surface area (Å²) < 4.78 is 2.37. The fourth-order valence-electron chi connectivity index (χ4n) is 7.82. The molecule has 0 spiro atoms. The zero-order chi connectivity index (χ0) is 33.0. The van der Waals surface area contributed by atoms with Crippen molar-refractivity contribution < 1.29 is 0 Å². The molecule has 1 aliphatic carbocycles. The van der Waals surface area contributed by atoms with Crippen molar-refractivity contribution in [1.82, 2.24) is 4.57 Å². The van der Waals surface area contributed by atoms with Gasteiger partial charge in [0.2, 0.25) is 0 Å². The molecule has 2 nitrogen and oxygen atoms in total. The molecule has 0 saturated carbocycles. The highest BCUT2D eigenvalue weighted by atomic mass is 15.1. The molecule has 8 aromatic rings. The van der Waals surface area contributed by atoms with Gasteiger partial charge in [-0.1, -0.05) is 117 Å². The average Bonchev–Trinajstić information content (AvgIpc) is 3.66. The Morgan fingerprint density at radius 3 is 1.73 bits per heavy atom. The van der Waals surface area contributed by atoms with E-state index in [2.05, 4.69) is 193 Å². The summed E-state index contributed by atoms with van der Waals surface area (Å²) in [6, 6.07) is 62.0. The third-order valence-corrected chi connectivity index (χ3v) is 10.5. The monoisotopic (exact) mass is 630 g/mol. The Kier molecular flexibility index (Phi) is 6.98. The lowest BCUT2D eigenvalue weighted by Crippen LogP contribution is -2.14. The minimum Gasteiger partial charge on any atom is -0.310 e. The second kappa shape index (κ2) is 11.7. The maximum atomic E-state index is 2.43. The van der Waals surface area contributed by atoms with E-state index in [4.69, 9.17) is 0 Å². The highest BCUT2D eigenvalue weighted by molar-refractivity contribution is 6.10. The van der Waals surface area contributed by atoms with Crippen molar-refractivity contribution >= 4 is 38.9 Å². The van der Waals surface area contributed by atoms with Crippen LogP contribution in [0, 0.1) is 0 Å². The quantitative estimate of drug-likeness (QED) is 0.177. The van der Waals surface area contributed by atoms with Crippen LogP contribution in [0.2, 0.25) is 0 Å². The average molecular weight is 631 g/mol. The topological polar surface area (TPSA) is 8.17 Å². The van der Waals surface area contributed by atoms with E-state index in [0.29, 0.717) is 0 Å². The van der Waals surface area contributed by atoms with Crippen molar-refractivity contribution in [2.75, 3.05) is 4.90 Å². The van der Waals surface area contributed by atoms with Crippen molar-refractivity contribution in [3.05, 3.63) is 181 Å². The summed E-state index contributed by atoms with van der Waals surface area (Å²) in [6.45, 7) is 4.76. The molecule has 9 rings (SSSR count). The van der Waals surface area contributed by atoms with Gasteiger partial charge in [0.25, 0.3) is 0 Å². The molecular weight excluding hydrogens is 593 g/mol. The van der Waals surface area contributed by atoms with Gasteiger partial charge >= 0.3 is 0 Å². The van der Waals surface area contributed by atoms with Crippen LogP contribution in [0.4, 0.5) is 17.1 Å². The summed E-state index contributed by atoms with van der Waals surface area (Å²) in [7, 11) is 0. The first kappa shape index (κ1) is 29.3. The smallest absolute Gasteiger partial charge is 0.0541 e. The van der Waals surface area contributed by atoms with Crippen molar-refractivity contribution in [2.45, 2.75) is 32.1 Å². The molecule has 0 fully saturated rings. The zero-order valence-corrected chi connectivity index (χ0v) is 28.0. The second-order valence-electron chi connectivity index (χ2n) is 13.9. The van der Waals surface area contributed by atoms with Gasteiger partial charge < -0.3 is 9.47 Å². The predicted octanol–water partition coefficient (Wildman–Crippen LogP) is 12.8. The van der Waals surface area contributed by atoms with E-state index >= 15 is 0 Å². The van der Waals surface area contributed by atoms with E-state index in [1.54, 1.807) is 0 Å². The molecule has 0 saturated heterocycles. The van der Waals surface area contributed by atoms with Crippen molar-refractivity contribution in [3.8, 4) is 27.9 Å². The first-order chi connectivity index (χ1) is 24.0. The number of hydrogen-bond acceptors (Lipinski definition) is 1. The van der Waals surface area contributed by atoms with Crippen molar-refractivity contribution in [1.29, 1.82) is 0 Å². The molecule has 0 radical (unpaired) electrons. The highest BCUT2D eigenvalue weighted by Crippen LogP contribution is 2.44. The Morgan fingerprint density at radius 2 is 1.02 bits per heavy atom. The van der Waals surface area contributed by atoms with E-state index in [9.17, 15) is 0 Å². The third kappa shape index (κ3) is 5.12. The molecule has 0 N–H and O–H groups in total.